The average Bonchev–Trinajstić information content (AvgIpc) is 2.95. The van der Waals surface area contributed by atoms with Gasteiger partial charge in [-0.3, -0.25) is 4.79 Å². The minimum absolute atomic E-state index is 0.0376. The smallest absolute Gasteiger partial charge is 0.260 e. The second kappa shape index (κ2) is 7.66. The Hall–Kier alpha value is -2.40. The van der Waals surface area contributed by atoms with E-state index in [1.54, 1.807) is 0 Å². The van der Waals surface area contributed by atoms with Crippen LogP contribution < -0.4 is 15.5 Å². The molecular formula is C20H23N3OS. The van der Waals surface area contributed by atoms with Crippen LogP contribution >= 0.6 is 11.8 Å². The lowest BCUT2D eigenvalue weighted by molar-refractivity contribution is -0.116. The summed E-state index contributed by atoms with van der Waals surface area (Å²) in [6.45, 7) is 2.14. The molecule has 5 heteroatoms. The lowest BCUT2D eigenvalue weighted by Crippen LogP contribution is -2.30. The molecule has 0 aromatic heterocycles. The topological polar surface area (TPSA) is 44.4 Å². The molecule has 130 valence electrons. The van der Waals surface area contributed by atoms with E-state index in [1.807, 2.05) is 44.4 Å². The maximum absolute atomic E-state index is 12.2. The molecule has 0 aliphatic carbocycles. The molecule has 3 rings (SSSR count). The van der Waals surface area contributed by atoms with Crippen molar-refractivity contribution in [2.45, 2.75) is 18.8 Å². The third-order valence-electron chi connectivity index (χ3n) is 4.10. The van der Waals surface area contributed by atoms with E-state index in [9.17, 15) is 4.79 Å². The van der Waals surface area contributed by atoms with E-state index in [0.29, 0.717) is 0 Å². The van der Waals surface area contributed by atoms with Gasteiger partial charge in [0.15, 0.2) is 5.50 Å². The number of amides is 1. The Kier molecular flexibility index (Phi) is 5.34. The lowest BCUT2D eigenvalue weighted by atomic mass is 10.1. The van der Waals surface area contributed by atoms with Gasteiger partial charge in [0.2, 0.25) is 0 Å². The third-order valence-corrected chi connectivity index (χ3v) is 5.13. The summed E-state index contributed by atoms with van der Waals surface area (Å²) in [5, 5.41) is 6.31. The Morgan fingerprint density at radius 1 is 1.12 bits per heavy atom. The zero-order chi connectivity index (χ0) is 17.8. The normalized spacial score (nSPS) is 18.3. The minimum Gasteiger partial charge on any atom is -0.378 e. The van der Waals surface area contributed by atoms with Gasteiger partial charge in [0.25, 0.3) is 5.91 Å². The number of nitrogens with one attached hydrogen (secondary N) is 2. The molecule has 1 fully saturated rings. The van der Waals surface area contributed by atoms with Crippen molar-refractivity contribution >= 4 is 35.1 Å². The number of carbonyl (C=O) groups is 1. The number of rotatable bonds is 5. The van der Waals surface area contributed by atoms with E-state index in [-0.39, 0.29) is 11.4 Å². The molecule has 1 atom stereocenters. The Morgan fingerprint density at radius 3 is 2.40 bits per heavy atom. The summed E-state index contributed by atoms with van der Waals surface area (Å²) in [5.74, 6) is -0.0376. The quantitative estimate of drug-likeness (QED) is 0.800. The van der Waals surface area contributed by atoms with Gasteiger partial charge in [0.1, 0.15) is 0 Å². The molecule has 25 heavy (non-hydrogen) atoms. The molecule has 0 spiro atoms. The molecule has 2 aromatic carbocycles. The maximum atomic E-state index is 12.2. The molecule has 0 radical (unpaired) electrons. The Morgan fingerprint density at radius 2 is 1.80 bits per heavy atom. The number of benzene rings is 2. The molecule has 1 amide bonds. The van der Waals surface area contributed by atoms with E-state index in [1.165, 1.54) is 17.3 Å². The van der Waals surface area contributed by atoms with Crippen molar-refractivity contribution in [2.75, 3.05) is 24.3 Å². The number of hydrogen-bond acceptors (Lipinski definition) is 4. The molecule has 1 saturated heterocycles. The van der Waals surface area contributed by atoms with Gasteiger partial charge in [-0.2, -0.15) is 0 Å². The van der Waals surface area contributed by atoms with Crippen molar-refractivity contribution in [1.82, 2.24) is 5.32 Å². The first-order valence-corrected chi connectivity index (χ1v) is 9.25. The summed E-state index contributed by atoms with van der Waals surface area (Å²) in [6.07, 6.45) is 2.95. The molecule has 2 aromatic rings. The van der Waals surface area contributed by atoms with E-state index < -0.39 is 0 Å². The van der Waals surface area contributed by atoms with E-state index in [2.05, 4.69) is 46.7 Å². The SMILES string of the molecule is CCc1ccc(N[C@H]2NC(=O)/C(=C/c3ccc(N(C)C)cc3)S2)cc1. The van der Waals surface area contributed by atoms with Gasteiger partial charge in [-0.1, -0.05) is 43.0 Å². The molecule has 0 bridgehead atoms. The second-order valence-electron chi connectivity index (χ2n) is 6.16. The van der Waals surface area contributed by atoms with Crippen LogP contribution in [0, 0.1) is 0 Å². The average molecular weight is 353 g/mol. The molecule has 0 unspecified atom stereocenters. The summed E-state index contributed by atoms with van der Waals surface area (Å²) in [4.78, 5) is 15.0. The monoisotopic (exact) mass is 353 g/mol. The van der Waals surface area contributed by atoms with Crippen molar-refractivity contribution in [3.05, 3.63) is 64.6 Å². The van der Waals surface area contributed by atoms with Crippen LogP contribution in [0.2, 0.25) is 0 Å². The Bertz CT molecular complexity index is 767. The van der Waals surface area contributed by atoms with Crippen molar-refractivity contribution in [3.63, 3.8) is 0 Å². The molecule has 1 heterocycles. The van der Waals surface area contributed by atoms with Crippen LogP contribution in [-0.4, -0.2) is 25.5 Å². The predicted molar refractivity (Wildman–Crippen MR) is 108 cm³/mol. The highest BCUT2D eigenvalue weighted by molar-refractivity contribution is 8.05. The Balaban J connectivity index is 1.66. The van der Waals surface area contributed by atoms with Gasteiger partial charge < -0.3 is 15.5 Å². The van der Waals surface area contributed by atoms with Crippen molar-refractivity contribution < 1.29 is 4.79 Å². The fraction of sp³-hybridized carbons (Fsp3) is 0.250. The van der Waals surface area contributed by atoms with Crippen LogP contribution in [0.15, 0.2) is 53.4 Å². The highest BCUT2D eigenvalue weighted by atomic mass is 32.2. The molecule has 2 N–H and O–H groups in total. The van der Waals surface area contributed by atoms with Crippen molar-refractivity contribution in [3.8, 4) is 0 Å². The predicted octanol–water partition coefficient (Wildman–Crippen LogP) is 3.91. The minimum atomic E-state index is -0.146. The highest BCUT2D eigenvalue weighted by Crippen LogP contribution is 2.30. The first-order valence-electron chi connectivity index (χ1n) is 8.37. The zero-order valence-corrected chi connectivity index (χ0v) is 15.6. The van der Waals surface area contributed by atoms with Gasteiger partial charge in [0.05, 0.1) is 4.91 Å². The van der Waals surface area contributed by atoms with Gasteiger partial charge >= 0.3 is 0 Å². The molecule has 4 nitrogen and oxygen atoms in total. The summed E-state index contributed by atoms with van der Waals surface area (Å²) >= 11 is 1.51. The van der Waals surface area contributed by atoms with Crippen LogP contribution in [0.4, 0.5) is 11.4 Å². The van der Waals surface area contributed by atoms with Crippen molar-refractivity contribution in [2.24, 2.45) is 0 Å². The van der Waals surface area contributed by atoms with Crippen LogP contribution in [0.25, 0.3) is 6.08 Å². The number of nitrogens with zero attached hydrogens (tertiary/aromatic N) is 1. The lowest BCUT2D eigenvalue weighted by Gasteiger charge is -2.13. The molecule has 1 aliphatic rings. The van der Waals surface area contributed by atoms with Gasteiger partial charge in [0, 0.05) is 25.5 Å². The number of anilines is 2. The summed E-state index contributed by atoms with van der Waals surface area (Å²) in [6, 6.07) is 16.5. The molecule has 1 aliphatic heterocycles. The molecule has 0 saturated carbocycles. The third kappa shape index (κ3) is 4.37. The number of hydrogen-bond donors (Lipinski definition) is 2. The summed E-state index contributed by atoms with van der Waals surface area (Å²) in [7, 11) is 4.02. The first kappa shape index (κ1) is 17.4. The standard InChI is InChI=1S/C20H23N3OS/c1-4-14-5-9-16(10-6-14)21-20-22-19(24)18(25-20)13-15-7-11-17(12-8-15)23(2)3/h5-13,20-21H,4H2,1-3H3,(H,22,24)/b18-13-/t20-/m0/s1. The number of thioether (sulfide) groups is 1. The van der Waals surface area contributed by atoms with Crippen LogP contribution in [0.3, 0.4) is 0 Å². The van der Waals surface area contributed by atoms with Crippen LogP contribution in [-0.2, 0) is 11.2 Å². The summed E-state index contributed by atoms with van der Waals surface area (Å²) < 4.78 is 0. The number of aryl methyl sites for hydroxylation is 1. The fourth-order valence-electron chi connectivity index (χ4n) is 2.57. The zero-order valence-electron chi connectivity index (χ0n) is 14.7. The fourth-order valence-corrected chi connectivity index (χ4v) is 3.56. The van der Waals surface area contributed by atoms with Gasteiger partial charge in [-0.25, -0.2) is 0 Å². The van der Waals surface area contributed by atoms with E-state index in [4.69, 9.17) is 0 Å². The highest BCUT2D eigenvalue weighted by Gasteiger charge is 2.27. The van der Waals surface area contributed by atoms with E-state index in [0.717, 1.165) is 28.3 Å². The largest absolute Gasteiger partial charge is 0.378 e. The second-order valence-corrected chi connectivity index (χ2v) is 7.31. The van der Waals surface area contributed by atoms with Gasteiger partial charge in [-0.05, 0) is 47.9 Å². The van der Waals surface area contributed by atoms with Crippen molar-refractivity contribution in [1.29, 1.82) is 0 Å². The van der Waals surface area contributed by atoms with Crippen LogP contribution in [0.5, 0.6) is 0 Å². The first-order chi connectivity index (χ1) is 12.0. The maximum Gasteiger partial charge on any atom is 0.260 e. The van der Waals surface area contributed by atoms with Crippen LogP contribution in [0.1, 0.15) is 18.1 Å². The van der Waals surface area contributed by atoms with E-state index >= 15 is 0 Å². The molecular weight excluding hydrogens is 330 g/mol. The Labute approximate surface area is 153 Å². The summed E-state index contributed by atoms with van der Waals surface area (Å²) in [5.41, 5.74) is 4.33. The number of carbonyl (C=O) groups excluding carboxylic acids is 1. The van der Waals surface area contributed by atoms with Gasteiger partial charge in [-0.15, -0.1) is 0 Å².